The van der Waals surface area contributed by atoms with Crippen LogP contribution in [0.1, 0.15) is 31.2 Å². The van der Waals surface area contributed by atoms with Crippen molar-refractivity contribution in [3.8, 4) is 0 Å². The Morgan fingerprint density at radius 1 is 1.23 bits per heavy atom. The van der Waals surface area contributed by atoms with Gasteiger partial charge in [0.25, 0.3) is 0 Å². The van der Waals surface area contributed by atoms with E-state index in [9.17, 15) is 19.5 Å². The number of primary amides is 1. The fourth-order valence-electron chi connectivity index (χ4n) is 2.45. The van der Waals surface area contributed by atoms with Crippen LogP contribution in [0, 0.1) is 5.92 Å². The zero-order valence-electron chi connectivity index (χ0n) is 14.5. The molecule has 0 aliphatic heterocycles. The molecule has 0 radical (unpaired) electrons. The second-order valence-electron chi connectivity index (χ2n) is 6.50. The van der Waals surface area contributed by atoms with Gasteiger partial charge in [-0.1, -0.05) is 43.2 Å². The number of amides is 3. The number of carbonyl (C=O) groups is 3. The van der Waals surface area contributed by atoms with Gasteiger partial charge in [-0.25, -0.2) is 4.79 Å². The van der Waals surface area contributed by atoms with E-state index in [1.54, 1.807) is 0 Å². The van der Waals surface area contributed by atoms with E-state index in [0.29, 0.717) is 12.3 Å². The Bertz CT molecular complexity index is 619. The molecule has 0 unspecified atom stereocenters. The van der Waals surface area contributed by atoms with Gasteiger partial charge in [-0.2, -0.15) is 0 Å². The van der Waals surface area contributed by atoms with E-state index < -0.39 is 30.1 Å². The van der Waals surface area contributed by atoms with Gasteiger partial charge in [0.1, 0.15) is 12.6 Å². The van der Waals surface area contributed by atoms with Crippen molar-refractivity contribution in [2.45, 2.75) is 44.4 Å². The van der Waals surface area contributed by atoms with Crippen LogP contribution in [0.15, 0.2) is 30.3 Å². The maximum Gasteiger partial charge on any atom is 0.407 e. The molecule has 1 fully saturated rings. The van der Waals surface area contributed by atoms with Crippen molar-refractivity contribution in [2.75, 3.05) is 6.54 Å². The van der Waals surface area contributed by atoms with Gasteiger partial charge in [0, 0.05) is 6.54 Å². The summed E-state index contributed by atoms with van der Waals surface area (Å²) in [5.41, 5.74) is 6.13. The van der Waals surface area contributed by atoms with E-state index in [1.165, 1.54) is 0 Å². The highest BCUT2D eigenvalue weighted by Crippen LogP contribution is 2.33. The quantitative estimate of drug-likeness (QED) is 0.479. The molecule has 0 heterocycles. The Kier molecular flexibility index (Phi) is 7.40. The molecule has 8 nitrogen and oxygen atoms in total. The highest BCUT2D eigenvalue weighted by molar-refractivity contribution is 5.86. The summed E-state index contributed by atoms with van der Waals surface area (Å²) >= 11 is 0. The van der Waals surface area contributed by atoms with Gasteiger partial charge < -0.3 is 26.2 Å². The first-order valence-corrected chi connectivity index (χ1v) is 8.65. The van der Waals surface area contributed by atoms with Crippen LogP contribution in [0.5, 0.6) is 0 Å². The SMILES string of the molecule is NC(=O)[C@H](CC1CC1)NC(=O)C[C@@H](O)CNC(=O)OCc1ccccc1. The molecule has 142 valence electrons. The molecule has 5 N–H and O–H groups in total. The van der Waals surface area contributed by atoms with E-state index in [0.717, 1.165) is 18.4 Å². The number of nitrogens with two attached hydrogens (primary N) is 1. The Morgan fingerprint density at radius 3 is 2.54 bits per heavy atom. The van der Waals surface area contributed by atoms with Crippen LogP contribution in [0.25, 0.3) is 0 Å². The van der Waals surface area contributed by atoms with Crippen molar-refractivity contribution in [1.82, 2.24) is 10.6 Å². The summed E-state index contributed by atoms with van der Waals surface area (Å²) in [5.74, 6) is -0.637. The highest BCUT2D eigenvalue weighted by Gasteiger charge is 2.29. The number of aliphatic hydroxyl groups excluding tert-OH is 1. The summed E-state index contributed by atoms with van der Waals surface area (Å²) in [6.45, 7) is -0.0182. The maximum absolute atomic E-state index is 11.9. The zero-order valence-corrected chi connectivity index (χ0v) is 14.5. The van der Waals surface area contributed by atoms with Gasteiger partial charge in [0.05, 0.1) is 12.5 Å². The summed E-state index contributed by atoms with van der Waals surface area (Å²) in [6.07, 6.45) is 0.592. The predicted octanol–water partition coefficient (Wildman–Crippen LogP) is 0.434. The third kappa shape index (κ3) is 7.52. The Hall–Kier alpha value is -2.61. The number of rotatable bonds is 10. The molecule has 0 aromatic heterocycles. The van der Waals surface area contributed by atoms with E-state index >= 15 is 0 Å². The van der Waals surface area contributed by atoms with Gasteiger partial charge in [-0.15, -0.1) is 0 Å². The number of ether oxygens (including phenoxy) is 1. The van der Waals surface area contributed by atoms with E-state index in [1.807, 2.05) is 30.3 Å². The lowest BCUT2D eigenvalue weighted by atomic mass is 10.1. The number of alkyl carbamates (subject to hydrolysis) is 1. The van der Waals surface area contributed by atoms with Gasteiger partial charge >= 0.3 is 6.09 Å². The molecule has 1 aromatic carbocycles. The summed E-state index contributed by atoms with van der Waals surface area (Å²) in [5, 5.41) is 14.8. The molecule has 2 atom stereocenters. The summed E-state index contributed by atoms with van der Waals surface area (Å²) in [6, 6.07) is 8.46. The average Bonchev–Trinajstić information content (AvgIpc) is 3.42. The molecule has 1 aromatic rings. The summed E-state index contributed by atoms with van der Waals surface area (Å²) in [4.78, 5) is 34.9. The van der Waals surface area contributed by atoms with Crippen molar-refractivity contribution in [3.63, 3.8) is 0 Å². The third-order valence-electron chi connectivity index (χ3n) is 4.06. The van der Waals surface area contributed by atoms with Crippen molar-refractivity contribution in [3.05, 3.63) is 35.9 Å². The Labute approximate surface area is 152 Å². The van der Waals surface area contributed by atoms with Crippen LogP contribution in [0.4, 0.5) is 4.79 Å². The van der Waals surface area contributed by atoms with Gasteiger partial charge in [-0.3, -0.25) is 9.59 Å². The average molecular weight is 363 g/mol. The van der Waals surface area contributed by atoms with Crippen LogP contribution in [0.2, 0.25) is 0 Å². The van der Waals surface area contributed by atoms with Crippen LogP contribution in [-0.2, 0) is 20.9 Å². The van der Waals surface area contributed by atoms with E-state index in [-0.39, 0.29) is 19.6 Å². The van der Waals surface area contributed by atoms with Crippen LogP contribution in [0.3, 0.4) is 0 Å². The number of carbonyl (C=O) groups excluding carboxylic acids is 3. The largest absolute Gasteiger partial charge is 0.445 e. The van der Waals surface area contributed by atoms with Crippen LogP contribution < -0.4 is 16.4 Å². The van der Waals surface area contributed by atoms with E-state index in [4.69, 9.17) is 10.5 Å². The fraction of sp³-hybridized carbons (Fsp3) is 0.500. The Balaban J connectivity index is 1.63. The molecule has 2 rings (SSSR count). The van der Waals surface area contributed by atoms with Crippen molar-refractivity contribution < 1.29 is 24.2 Å². The lowest BCUT2D eigenvalue weighted by molar-refractivity contribution is -0.128. The third-order valence-corrected chi connectivity index (χ3v) is 4.06. The monoisotopic (exact) mass is 363 g/mol. The number of benzene rings is 1. The molecule has 1 saturated carbocycles. The fourth-order valence-corrected chi connectivity index (χ4v) is 2.45. The molecule has 1 aliphatic rings. The normalized spacial score (nSPS) is 15.6. The number of hydrogen-bond acceptors (Lipinski definition) is 5. The maximum atomic E-state index is 11.9. The standard InChI is InChI=1S/C18H25N3O5/c19-17(24)15(8-12-6-7-12)21-16(23)9-14(22)10-20-18(25)26-11-13-4-2-1-3-5-13/h1-5,12,14-15,22H,6-11H2,(H2,19,24)(H,20,25)(H,21,23)/t14-,15+/m1/s1. The molecule has 1 aliphatic carbocycles. The first-order valence-electron chi connectivity index (χ1n) is 8.65. The van der Waals surface area contributed by atoms with Crippen LogP contribution in [-0.4, -0.2) is 41.7 Å². The lowest BCUT2D eigenvalue weighted by Crippen LogP contribution is -2.46. The van der Waals surface area contributed by atoms with Gasteiger partial charge in [0.15, 0.2) is 0 Å². The first kappa shape index (κ1) is 19.7. The van der Waals surface area contributed by atoms with Crippen molar-refractivity contribution in [2.24, 2.45) is 11.7 Å². The minimum atomic E-state index is -1.09. The topological polar surface area (TPSA) is 131 Å². The number of hydrogen-bond donors (Lipinski definition) is 4. The first-order chi connectivity index (χ1) is 12.4. The van der Waals surface area contributed by atoms with Gasteiger partial charge in [-0.05, 0) is 17.9 Å². The second kappa shape index (κ2) is 9.76. The molecule has 0 spiro atoms. The molecule has 8 heteroatoms. The highest BCUT2D eigenvalue weighted by atomic mass is 16.5. The summed E-state index contributed by atoms with van der Waals surface area (Å²) in [7, 11) is 0. The van der Waals surface area contributed by atoms with Gasteiger partial charge in [0.2, 0.25) is 11.8 Å². The van der Waals surface area contributed by atoms with Crippen LogP contribution >= 0.6 is 0 Å². The predicted molar refractivity (Wildman–Crippen MR) is 93.7 cm³/mol. The molecule has 3 amide bonds. The number of aliphatic hydroxyl groups is 1. The Morgan fingerprint density at radius 2 is 1.92 bits per heavy atom. The minimum absolute atomic E-state index is 0.116. The number of nitrogens with one attached hydrogen (secondary N) is 2. The smallest absolute Gasteiger partial charge is 0.407 e. The zero-order chi connectivity index (χ0) is 18.9. The van der Waals surface area contributed by atoms with Crippen molar-refractivity contribution in [1.29, 1.82) is 0 Å². The molecular weight excluding hydrogens is 338 g/mol. The lowest BCUT2D eigenvalue weighted by Gasteiger charge is -2.17. The van der Waals surface area contributed by atoms with E-state index in [2.05, 4.69) is 10.6 Å². The molecule has 0 saturated heterocycles. The second-order valence-corrected chi connectivity index (χ2v) is 6.50. The van der Waals surface area contributed by atoms with Crippen molar-refractivity contribution >= 4 is 17.9 Å². The molecule has 26 heavy (non-hydrogen) atoms. The molecular formula is C18H25N3O5. The molecule has 0 bridgehead atoms. The minimum Gasteiger partial charge on any atom is -0.445 e. The summed E-state index contributed by atoms with van der Waals surface area (Å²) < 4.78 is 5.01.